The molecule has 0 amide bonds. The summed E-state index contributed by atoms with van der Waals surface area (Å²) < 4.78 is 9.95. The zero-order valence-corrected chi connectivity index (χ0v) is 5.84. The third kappa shape index (κ3) is 0.982. The van der Waals surface area contributed by atoms with E-state index in [1.165, 1.54) is 0 Å². The Bertz CT molecular complexity index is 224. The van der Waals surface area contributed by atoms with Gasteiger partial charge in [0.15, 0.2) is 0 Å². The average molecular weight is 140 g/mol. The minimum atomic E-state index is -0.783. The Hall–Kier alpha value is -1.37. The van der Waals surface area contributed by atoms with Gasteiger partial charge in [0.2, 0.25) is 11.7 Å². The van der Waals surface area contributed by atoms with Crippen LogP contribution in [0.25, 0.3) is 0 Å². The first kappa shape index (κ1) is 6.75. The second kappa shape index (κ2) is 1.81. The van der Waals surface area contributed by atoms with Gasteiger partial charge in [0, 0.05) is 13.8 Å². The van der Waals surface area contributed by atoms with Gasteiger partial charge in [0.1, 0.15) is 6.07 Å². The van der Waals surface area contributed by atoms with Crippen molar-refractivity contribution in [2.45, 2.75) is 19.6 Å². The fraction of sp³-hybridized carbons (Fsp3) is 0.500. The smallest absolute Gasteiger partial charge is 0.261 e. The lowest BCUT2D eigenvalue weighted by atomic mass is 10.4. The molecule has 1 rings (SSSR count). The van der Waals surface area contributed by atoms with Gasteiger partial charge in [-0.25, -0.2) is 0 Å². The van der Waals surface area contributed by atoms with Crippen LogP contribution in [0.4, 0.5) is 0 Å². The molecule has 1 heterocycles. The summed E-state index contributed by atoms with van der Waals surface area (Å²) in [5.41, 5.74) is 5.28. The molecule has 4 heteroatoms. The van der Waals surface area contributed by atoms with Crippen LogP contribution in [0, 0.1) is 11.3 Å². The molecule has 0 aromatic heterocycles. The predicted octanol–water partition coefficient (Wildman–Crippen LogP) is 0.421. The summed E-state index contributed by atoms with van der Waals surface area (Å²) in [6, 6.07) is 1.78. The normalized spacial score (nSPS) is 21.3. The Morgan fingerprint density at radius 2 is 2.10 bits per heavy atom. The van der Waals surface area contributed by atoms with Crippen LogP contribution < -0.4 is 5.73 Å². The summed E-state index contributed by atoms with van der Waals surface area (Å²) in [4.78, 5) is 0. The summed E-state index contributed by atoms with van der Waals surface area (Å²) in [5.74, 6) is -0.660. The van der Waals surface area contributed by atoms with Crippen LogP contribution in [0.15, 0.2) is 11.6 Å². The molecule has 0 bridgehead atoms. The topological polar surface area (TPSA) is 68.3 Å². The van der Waals surface area contributed by atoms with E-state index in [2.05, 4.69) is 0 Å². The van der Waals surface area contributed by atoms with E-state index in [1.807, 2.05) is 0 Å². The van der Waals surface area contributed by atoms with Crippen LogP contribution >= 0.6 is 0 Å². The Morgan fingerprint density at radius 1 is 1.50 bits per heavy atom. The van der Waals surface area contributed by atoms with Gasteiger partial charge in [-0.2, -0.15) is 5.26 Å². The van der Waals surface area contributed by atoms with Crippen LogP contribution in [0.5, 0.6) is 0 Å². The Labute approximate surface area is 58.8 Å². The fourth-order valence-electron chi connectivity index (χ4n) is 0.706. The largest absolute Gasteiger partial charge is 0.437 e. The van der Waals surface area contributed by atoms with Crippen molar-refractivity contribution in [1.29, 1.82) is 5.26 Å². The number of rotatable bonds is 0. The van der Waals surface area contributed by atoms with Crippen molar-refractivity contribution < 1.29 is 9.47 Å². The monoisotopic (exact) mass is 140 g/mol. The number of ether oxygens (including phenoxy) is 2. The molecule has 0 fully saturated rings. The molecule has 0 saturated carbocycles. The van der Waals surface area contributed by atoms with E-state index in [1.54, 1.807) is 19.9 Å². The molecule has 54 valence electrons. The molecule has 10 heavy (non-hydrogen) atoms. The van der Waals surface area contributed by atoms with E-state index in [0.717, 1.165) is 0 Å². The summed E-state index contributed by atoms with van der Waals surface area (Å²) in [6.45, 7) is 3.37. The molecule has 0 atom stereocenters. The number of hydrogen-bond donors (Lipinski definition) is 1. The molecule has 0 aromatic carbocycles. The number of nitriles is 1. The molecule has 0 aromatic rings. The Balaban J connectivity index is 2.81. The highest BCUT2D eigenvalue weighted by atomic mass is 16.7. The molecule has 1 aliphatic rings. The van der Waals surface area contributed by atoms with Crippen LogP contribution in [0.2, 0.25) is 0 Å². The van der Waals surface area contributed by atoms with Gasteiger partial charge in [-0.1, -0.05) is 0 Å². The third-order valence-electron chi connectivity index (χ3n) is 1.03. The summed E-state index contributed by atoms with van der Waals surface area (Å²) in [6.07, 6.45) is 0. The van der Waals surface area contributed by atoms with Gasteiger partial charge >= 0.3 is 0 Å². The molecular formula is C6H8N2O2. The molecule has 2 N–H and O–H groups in total. The van der Waals surface area contributed by atoms with Gasteiger partial charge in [0.05, 0.1) is 0 Å². The lowest BCUT2D eigenvalue weighted by Gasteiger charge is -2.16. The van der Waals surface area contributed by atoms with Crippen LogP contribution in [0.3, 0.4) is 0 Å². The maximum atomic E-state index is 8.38. The molecule has 0 radical (unpaired) electrons. The highest BCUT2D eigenvalue weighted by Gasteiger charge is 2.32. The van der Waals surface area contributed by atoms with Crippen molar-refractivity contribution in [1.82, 2.24) is 0 Å². The van der Waals surface area contributed by atoms with Crippen molar-refractivity contribution in [2.24, 2.45) is 5.73 Å². The van der Waals surface area contributed by atoms with Crippen molar-refractivity contribution in [3.05, 3.63) is 11.6 Å². The maximum absolute atomic E-state index is 8.38. The molecule has 1 aliphatic heterocycles. The fourth-order valence-corrected chi connectivity index (χ4v) is 0.706. The second-order valence-corrected chi connectivity index (χ2v) is 2.41. The second-order valence-electron chi connectivity index (χ2n) is 2.41. The van der Waals surface area contributed by atoms with Crippen LogP contribution in [-0.2, 0) is 9.47 Å². The zero-order valence-electron chi connectivity index (χ0n) is 5.84. The number of allylic oxidation sites excluding steroid dienone is 1. The van der Waals surface area contributed by atoms with Crippen molar-refractivity contribution in [2.75, 3.05) is 0 Å². The maximum Gasteiger partial charge on any atom is 0.261 e. The van der Waals surface area contributed by atoms with Gasteiger partial charge in [-0.05, 0) is 0 Å². The van der Waals surface area contributed by atoms with Crippen molar-refractivity contribution in [3.63, 3.8) is 0 Å². The van der Waals surface area contributed by atoms with Crippen LogP contribution in [-0.4, -0.2) is 5.79 Å². The van der Waals surface area contributed by atoms with Gasteiger partial charge in [-0.3, -0.25) is 0 Å². The summed E-state index contributed by atoms with van der Waals surface area (Å²) in [5, 5.41) is 8.38. The Kier molecular flexibility index (Phi) is 1.22. The first-order valence-corrected chi connectivity index (χ1v) is 2.83. The molecular weight excluding hydrogens is 132 g/mol. The van der Waals surface area contributed by atoms with E-state index in [9.17, 15) is 0 Å². The molecule has 4 nitrogen and oxygen atoms in total. The predicted molar refractivity (Wildman–Crippen MR) is 33.1 cm³/mol. The van der Waals surface area contributed by atoms with Gasteiger partial charge < -0.3 is 15.2 Å². The van der Waals surface area contributed by atoms with Crippen molar-refractivity contribution in [3.8, 4) is 6.07 Å². The van der Waals surface area contributed by atoms with Gasteiger partial charge in [-0.15, -0.1) is 0 Å². The molecule has 0 spiro atoms. The van der Waals surface area contributed by atoms with E-state index in [4.69, 9.17) is 20.5 Å². The minimum absolute atomic E-state index is 0.0602. The van der Waals surface area contributed by atoms with E-state index in [-0.39, 0.29) is 11.6 Å². The lowest BCUT2D eigenvalue weighted by Crippen LogP contribution is -2.21. The first-order valence-electron chi connectivity index (χ1n) is 2.83. The lowest BCUT2D eigenvalue weighted by molar-refractivity contribution is -0.120. The zero-order chi connectivity index (χ0) is 7.78. The van der Waals surface area contributed by atoms with Crippen molar-refractivity contribution >= 4 is 0 Å². The first-order chi connectivity index (χ1) is 4.55. The Morgan fingerprint density at radius 3 is 2.30 bits per heavy atom. The summed E-state index contributed by atoms with van der Waals surface area (Å²) in [7, 11) is 0. The standard InChI is InChI=1S/C6H8N2O2/c1-6(2)9-4(3-7)5(8)10-6/h8H2,1-2H3. The van der Waals surface area contributed by atoms with Crippen LogP contribution in [0.1, 0.15) is 13.8 Å². The van der Waals surface area contributed by atoms with E-state index >= 15 is 0 Å². The SMILES string of the molecule is CC1(C)OC(N)=C(C#N)O1. The number of nitrogens with zero attached hydrogens (tertiary/aromatic N) is 1. The van der Waals surface area contributed by atoms with E-state index in [0.29, 0.717) is 0 Å². The molecule has 0 unspecified atom stereocenters. The highest BCUT2D eigenvalue weighted by Crippen LogP contribution is 2.26. The minimum Gasteiger partial charge on any atom is -0.437 e. The number of nitrogens with two attached hydrogens (primary N) is 1. The van der Waals surface area contributed by atoms with E-state index < -0.39 is 5.79 Å². The third-order valence-corrected chi connectivity index (χ3v) is 1.03. The quantitative estimate of drug-likeness (QED) is 0.529. The summed E-state index contributed by atoms with van der Waals surface area (Å²) >= 11 is 0. The van der Waals surface area contributed by atoms with Gasteiger partial charge in [0.25, 0.3) is 5.76 Å². The molecule has 0 saturated heterocycles. The number of hydrogen-bond acceptors (Lipinski definition) is 4. The highest BCUT2D eigenvalue weighted by molar-refractivity contribution is 5.19. The molecule has 0 aliphatic carbocycles. The average Bonchev–Trinajstić information content (AvgIpc) is 2.05.